The van der Waals surface area contributed by atoms with Gasteiger partial charge >= 0.3 is 0 Å². The summed E-state index contributed by atoms with van der Waals surface area (Å²) in [5.41, 5.74) is 6.21. The molecule has 13 heavy (non-hydrogen) atoms. The van der Waals surface area contributed by atoms with Gasteiger partial charge < -0.3 is 11.1 Å². The van der Waals surface area contributed by atoms with Crippen LogP contribution in [-0.4, -0.2) is 11.5 Å². The molecule has 1 aromatic heterocycles. The number of aromatic nitrogens is 1. The fourth-order valence-electron chi connectivity index (χ4n) is 0.767. The van der Waals surface area contributed by atoms with Crippen LogP contribution in [0.4, 0.5) is 11.5 Å². The Hall–Kier alpha value is -0.740. The van der Waals surface area contributed by atoms with E-state index < -0.39 is 0 Å². The highest BCUT2D eigenvalue weighted by Crippen LogP contribution is 2.18. The zero-order valence-electron chi connectivity index (χ0n) is 6.85. The second-order valence-corrected chi connectivity index (χ2v) is 3.95. The van der Waals surface area contributed by atoms with Gasteiger partial charge in [0.15, 0.2) is 5.82 Å². The molecule has 0 radical (unpaired) electrons. The van der Waals surface area contributed by atoms with Gasteiger partial charge in [0.2, 0.25) is 0 Å². The van der Waals surface area contributed by atoms with Crippen molar-refractivity contribution >= 4 is 39.0 Å². The Labute approximate surface area is 90.1 Å². The molecule has 0 unspecified atom stereocenters. The molecule has 0 spiro atoms. The highest BCUT2D eigenvalue weighted by molar-refractivity contribution is 9.11. The summed E-state index contributed by atoms with van der Waals surface area (Å²) in [7, 11) is 0. The molecule has 0 fully saturated rings. The van der Waals surface area contributed by atoms with Crippen molar-refractivity contribution in [3.05, 3.63) is 28.3 Å². The van der Waals surface area contributed by atoms with Crippen LogP contribution in [0.15, 0.2) is 23.2 Å². The van der Waals surface area contributed by atoms with Gasteiger partial charge in [-0.05, 0) is 12.1 Å². The standard InChI is InChI=1S/C8H9BrClN3/c1-5(9)4-12-8-6(11)2-3-7(10)13-8/h2-3H,1,4,11H2,(H,12,13). The van der Waals surface area contributed by atoms with Crippen molar-refractivity contribution in [3.8, 4) is 0 Å². The third kappa shape index (κ3) is 3.24. The monoisotopic (exact) mass is 261 g/mol. The lowest BCUT2D eigenvalue weighted by molar-refractivity contribution is 1.23. The molecule has 0 saturated heterocycles. The first kappa shape index (κ1) is 10.3. The first-order valence-electron chi connectivity index (χ1n) is 3.59. The van der Waals surface area contributed by atoms with Crippen molar-refractivity contribution in [3.63, 3.8) is 0 Å². The maximum absolute atomic E-state index is 5.69. The predicted octanol–water partition coefficient (Wildman–Crippen LogP) is 2.64. The Bertz CT molecular complexity index is 327. The van der Waals surface area contributed by atoms with E-state index in [0.717, 1.165) is 4.48 Å². The molecular formula is C8H9BrClN3. The number of nitrogens with one attached hydrogen (secondary N) is 1. The molecule has 0 bridgehead atoms. The highest BCUT2D eigenvalue weighted by atomic mass is 79.9. The third-order valence-electron chi connectivity index (χ3n) is 1.34. The largest absolute Gasteiger partial charge is 0.396 e. The molecule has 0 atom stereocenters. The number of hydrogen-bond acceptors (Lipinski definition) is 3. The molecule has 0 aromatic carbocycles. The summed E-state index contributed by atoms with van der Waals surface area (Å²) in [6.45, 7) is 4.24. The van der Waals surface area contributed by atoms with Crippen LogP contribution in [0, 0.1) is 0 Å². The number of nitrogens with zero attached hydrogens (tertiary/aromatic N) is 1. The maximum atomic E-state index is 5.69. The number of rotatable bonds is 3. The molecule has 0 aliphatic heterocycles. The van der Waals surface area contributed by atoms with Crippen LogP contribution in [0.2, 0.25) is 5.15 Å². The molecule has 0 saturated carbocycles. The van der Waals surface area contributed by atoms with Crippen LogP contribution < -0.4 is 11.1 Å². The molecule has 5 heteroatoms. The van der Waals surface area contributed by atoms with Gasteiger partial charge in [0.05, 0.1) is 5.69 Å². The van der Waals surface area contributed by atoms with Crippen molar-refractivity contribution < 1.29 is 0 Å². The maximum Gasteiger partial charge on any atom is 0.151 e. The highest BCUT2D eigenvalue weighted by Gasteiger charge is 2.00. The first-order chi connectivity index (χ1) is 6.09. The van der Waals surface area contributed by atoms with Gasteiger partial charge in [0, 0.05) is 11.0 Å². The Balaban J connectivity index is 2.75. The zero-order valence-corrected chi connectivity index (χ0v) is 9.19. The Morgan fingerprint density at radius 1 is 1.69 bits per heavy atom. The molecule has 1 aromatic rings. The van der Waals surface area contributed by atoms with E-state index >= 15 is 0 Å². The molecule has 0 aliphatic rings. The first-order valence-corrected chi connectivity index (χ1v) is 4.76. The number of nitrogen functional groups attached to an aromatic ring is 1. The van der Waals surface area contributed by atoms with Crippen molar-refractivity contribution in [2.24, 2.45) is 0 Å². The number of anilines is 2. The summed E-state index contributed by atoms with van der Waals surface area (Å²) in [6, 6.07) is 3.35. The predicted molar refractivity (Wildman–Crippen MR) is 60.2 cm³/mol. The van der Waals surface area contributed by atoms with E-state index in [4.69, 9.17) is 17.3 Å². The lowest BCUT2D eigenvalue weighted by atomic mass is 10.4. The Kier molecular flexibility index (Phi) is 3.57. The molecule has 0 aliphatic carbocycles. The average Bonchev–Trinajstić information content (AvgIpc) is 2.06. The van der Waals surface area contributed by atoms with Crippen LogP contribution in [-0.2, 0) is 0 Å². The topological polar surface area (TPSA) is 50.9 Å². The molecular weight excluding hydrogens is 253 g/mol. The second kappa shape index (κ2) is 4.48. The molecule has 1 heterocycles. The normalized spacial score (nSPS) is 9.69. The summed E-state index contributed by atoms with van der Waals surface area (Å²) >= 11 is 8.91. The van der Waals surface area contributed by atoms with E-state index in [1.165, 1.54) is 0 Å². The molecule has 1 rings (SSSR count). The minimum atomic E-state index is 0.414. The quantitative estimate of drug-likeness (QED) is 0.824. The van der Waals surface area contributed by atoms with Crippen LogP contribution in [0.5, 0.6) is 0 Å². The van der Waals surface area contributed by atoms with Gasteiger partial charge in [-0.15, -0.1) is 0 Å². The Morgan fingerprint density at radius 2 is 2.38 bits per heavy atom. The SMILES string of the molecule is C=C(Br)CNc1nc(Cl)ccc1N. The lowest BCUT2D eigenvalue weighted by Crippen LogP contribution is -2.05. The summed E-state index contributed by atoms with van der Waals surface area (Å²) < 4.78 is 0.827. The van der Waals surface area contributed by atoms with Gasteiger partial charge in [-0.2, -0.15) is 0 Å². The van der Waals surface area contributed by atoms with Gasteiger partial charge in [-0.25, -0.2) is 4.98 Å². The summed E-state index contributed by atoms with van der Waals surface area (Å²) in [5, 5.41) is 3.40. The number of pyridine rings is 1. The van der Waals surface area contributed by atoms with Crippen LogP contribution in [0.3, 0.4) is 0 Å². The van der Waals surface area contributed by atoms with E-state index in [1.54, 1.807) is 12.1 Å². The van der Waals surface area contributed by atoms with Gasteiger partial charge in [-0.1, -0.05) is 34.1 Å². The Morgan fingerprint density at radius 3 is 3.00 bits per heavy atom. The number of hydrogen-bond donors (Lipinski definition) is 2. The van der Waals surface area contributed by atoms with Crippen molar-refractivity contribution in [1.29, 1.82) is 0 Å². The molecule has 0 amide bonds. The van der Waals surface area contributed by atoms with Crippen molar-refractivity contribution in [2.75, 3.05) is 17.6 Å². The van der Waals surface area contributed by atoms with Crippen LogP contribution in [0.25, 0.3) is 0 Å². The van der Waals surface area contributed by atoms with E-state index in [1.807, 2.05) is 0 Å². The molecule has 3 N–H and O–H groups in total. The minimum Gasteiger partial charge on any atom is -0.396 e. The smallest absolute Gasteiger partial charge is 0.151 e. The van der Waals surface area contributed by atoms with Crippen LogP contribution >= 0.6 is 27.5 Å². The zero-order chi connectivity index (χ0) is 9.84. The number of halogens is 2. The van der Waals surface area contributed by atoms with E-state index in [2.05, 4.69) is 32.8 Å². The third-order valence-corrected chi connectivity index (χ3v) is 1.83. The lowest BCUT2D eigenvalue weighted by Gasteiger charge is -2.06. The van der Waals surface area contributed by atoms with Gasteiger partial charge in [-0.3, -0.25) is 0 Å². The van der Waals surface area contributed by atoms with Crippen molar-refractivity contribution in [1.82, 2.24) is 4.98 Å². The van der Waals surface area contributed by atoms with Gasteiger partial charge in [0.1, 0.15) is 5.15 Å². The molecule has 70 valence electrons. The molecule has 3 nitrogen and oxygen atoms in total. The average molecular weight is 263 g/mol. The number of nitrogens with two attached hydrogens (primary N) is 1. The van der Waals surface area contributed by atoms with E-state index in [0.29, 0.717) is 23.2 Å². The van der Waals surface area contributed by atoms with Crippen molar-refractivity contribution in [2.45, 2.75) is 0 Å². The van der Waals surface area contributed by atoms with E-state index in [-0.39, 0.29) is 0 Å². The summed E-state index contributed by atoms with van der Waals surface area (Å²) in [5.74, 6) is 0.577. The van der Waals surface area contributed by atoms with Gasteiger partial charge in [0.25, 0.3) is 0 Å². The fraction of sp³-hybridized carbons (Fsp3) is 0.125. The fourth-order valence-corrected chi connectivity index (χ4v) is 1.06. The second-order valence-electron chi connectivity index (χ2n) is 2.44. The summed E-state index contributed by atoms with van der Waals surface area (Å²) in [4.78, 5) is 4.01. The summed E-state index contributed by atoms with van der Waals surface area (Å²) in [6.07, 6.45) is 0. The van der Waals surface area contributed by atoms with E-state index in [9.17, 15) is 0 Å². The van der Waals surface area contributed by atoms with Crippen LogP contribution in [0.1, 0.15) is 0 Å². The minimum absolute atomic E-state index is 0.414.